The molecular weight excluding hydrogens is 1230 g/mol. The van der Waals surface area contributed by atoms with Gasteiger partial charge in [-0.1, -0.05) is 304 Å². The van der Waals surface area contributed by atoms with E-state index in [1.54, 1.807) is 0 Å². The van der Waals surface area contributed by atoms with Crippen LogP contribution in [-0.2, 0) is 65.4 Å². The maximum absolute atomic E-state index is 13.1. The molecule has 0 aliphatic carbocycles. The molecule has 3 unspecified atom stereocenters. The van der Waals surface area contributed by atoms with Gasteiger partial charge in [0.15, 0.2) is 12.2 Å². The van der Waals surface area contributed by atoms with Gasteiger partial charge in [0.05, 0.1) is 26.4 Å². The van der Waals surface area contributed by atoms with E-state index in [4.69, 9.17) is 37.0 Å². The quantitative estimate of drug-likeness (QED) is 0.0169. The number of phosphoric ester groups is 2. The second-order valence-corrected chi connectivity index (χ2v) is 30.7. The highest BCUT2D eigenvalue weighted by molar-refractivity contribution is 7.47. The number of unbranched alkanes of at least 4 members (excludes halogenated alkanes) is 36. The van der Waals surface area contributed by atoms with Crippen LogP contribution in [-0.4, -0.2) is 96.7 Å². The lowest BCUT2D eigenvalue weighted by Gasteiger charge is -2.21. The molecule has 0 aromatic carbocycles. The molecule has 5 atom stereocenters. The van der Waals surface area contributed by atoms with Crippen LogP contribution in [0.2, 0.25) is 0 Å². The van der Waals surface area contributed by atoms with Crippen molar-refractivity contribution in [3.63, 3.8) is 0 Å². The lowest BCUT2D eigenvalue weighted by Crippen LogP contribution is -2.30. The summed E-state index contributed by atoms with van der Waals surface area (Å²) in [4.78, 5) is 72.7. The lowest BCUT2D eigenvalue weighted by atomic mass is 10.0. The summed E-state index contributed by atoms with van der Waals surface area (Å²) < 4.78 is 68.4. The summed E-state index contributed by atoms with van der Waals surface area (Å²) in [6, 6.07) is 0. The first-order valence-electron chi connectivity index (χ1n) is 38.2. The van der Waals surface area contributed by atoms with Gasteiger partial charge in [0.25, 0.3) is 0 Å². The van der Waals surface area contributed by atoms with E-state index in [0.29, 0.717) is 31.6 Å². The van der Waals surface area contributed by atoms with Crippen LogP contribution in [0, 0.1) is 17.8 Å². The average molecular weight is 1380 g/mol. The van der Waals surface area contributed by atoms with Gasteiger partial charge in [0.2, 0.25) is 0 Å². The van der Waals surface area contributed by atoms with Crippen molar-refractivity contribution in [3.8, 4) is 0 Å². The zero-order valence-electron chi connectivity index (χ0n) is 60.9. The van der Waals surface area contributed by atoms with Crippen LogP contribution in [0.25, 0.3) is 0 Å². The van der Waals surface area contributed by atoms with Crippen LogP contribution in [0.5, 0.6) is 0 Å². The molecule has 0 aromatic rings. The molecule has 0 aromatic heterocycles. The Morgan fingerprint density at radius 2 is 0.574 bits per heavy atom. The Hall–Kier alpha value is -2.46. The zero-order chi connectivity index (χ0) is 69.4. The number of hydrogen-bond donors (Lipinski definition) is 3. The number of ether oxygens (including phenoxy) is 4. The van der Waals surface area contributed by atoms with E-state index in [2.05, 4.69) is 72.8 Å². The molecule has 0 bridgehead atoms. The van der Waals surface area contributed by atoms with Crippen molar-refractivity contribution in [1.29, 1.82) is 0 Å². The largest absolute Gasteiger partial charge is 0.472 e. The smallest absolute Gasteiger partial charge is 0.462 e. The minimum atomic E-state index is -4.96. The van der Waals surface area contributed by atoms with Crippen molar-refractivity contribution in [3.05, 3.63) is 24.3 Å². The Morgan fingerprint density at radius 1 is 0.330 bits per heavy atom. The fraction of sp³-hybridized carbons (Fsp3) is 0.893. The van der Waals surface area contributed by atoms with Crippen LogP contribution in [0.1, 0.15) is 357 Å². The van der Waals surface area contributed by atoms with Crippen molar-refractivity contribution in [1.82, 2.24) is 0 Å². The van der Waals surface area contributed by atoms with E-state index in [-0.39, 0.29) is 25.7 Å². The number of esters is 4. The van der Waals surface area contributed by atoms with Crippen molar-refractivity contribution in [2.45, 2.75) is 375 Å². The molecule has 0 aliphatic heterocycles. The first kappa shape index (κ1) is 91.5. The van der Waals surface area contributed by atoms with Crippen molar-refractivity contribution in [2.24, 2.45) is 17.8 Å². The summed E-state index contributed by atoms with van der Waals surface area (Å²) >= 11 is 0. The lowest BCUT2D eigenvalue weighted by molar-refractivity contribution is -0.161. The van der Waals surface area contributed by atoms with Gasteiger partial charge in [-0.05, 0) is 69.1 Å². The van der Waals surface area contributed by atoms with E-state index < -0.39 is 97.5 Å². The highest BCUT2D eigenvalue weighted by Crippen LogP contribution is 2.45. The number of hydrogen-bond acceptors (Lipinski definition) is 15. The number of phosphoric acid groups is 2. The first-order chi connectivity index (χ1) is 45.2. The van der Waals surface area contributed by atoms with Gasteiger partial charge in [-0.3, -0.25) is 37.3 Å². The van der Waals surface area contributed by atoms with Gasteiger partial charge in [0.1, 0.15) is 19.3 Å². The van der Waals surface area contributed by atoms with Crippen molar-refractivity contribution < 1.29 is 80.2 Å². The minimum Gasteiger partial charge on any atom is -0.462 e. The first-order valence-corrected chi connectivity index (χ1v) is 41.2. The van der Waals surface area contributed by atoms with Gasteiger partial charge in [0, 0.05) is 25.7 Å². The molecule has 554 valence electrons. The summed E-state index contributed by atoms with van der Waals surface area (Å²) in [5.41, 5.74) is 0. The Balaban J connectivity index is 5.29. The molecule has 0 fully saturated rings. The number of carbonyl (C=O) groups is 4. The van der Waals surface area contributed by atoms with Crippen molar-refractivity contribution >= 4 is 39.5 Å². The third-order valence-electron chi connectivity index (χ3n) is 16.8. The maximum Gasteiger partial charge on any atom is 0.472 e. The fourth-order valence-corrected chi connectivity index (χ4v) is 12.5. The minimum absolute atomic E-state index is 0.0845. The second-order valence-electron chi connectivity index (χ2n) is 27.8. The molecule has 0 radical (unpaired) electrons. The summed E-state index contributed by atoms with van der Waals surface area (Å²) in [5.74, 6) is 0.0968. The molecule has 0 saturated heterocycles. The highest BCUT2D eigenvalue weighted by atomic mass is 31.2. The predicted octanol–water partition coefficient (Wildman–Crippen LogP) is 21.3. The van der Waals surface area contributed by atoms with Crippen LogP contribution in [0.4, 0.5) is 0 Å². The van der Waals surface area contributed by atoms with E-state index >= 15 is 0 Å². The standard InChI is InChI=1S/C75H142O17P2/c1-8-9-10-11-12-13-14-15-16-17-23-29-36-44-51-58-74(79)91-70(62-85-72(77)56-49-42-35-28-25-20-22-27-33-40-47-54-67(4)5)64-89-93(81,82)87-60-69(76)61-88-94(83,84)90-65-71(63-86-73(78)57-50-43-38-31-34-41-48-55-68(6)7)92-75(80)59-52-45-37-30-24-19-18-21-26-32-39-46-53-66(2)3/h13-16,66-71,76H,8-12,17-65H2,1-7H3,(H,81,82)(H,83,84)/b14-13-,16-15-/t69?,70-,71-/m1/s1. The van der Waals surface area contributed by atoms with Gasteiger partial charge >= 0.3 is 39.5 Å². The summed E-state index contributed by atoms with van der Waals surface area (Å²) in [7, 11) is -9.92. The Morgan fingerprint density at radius 3 is 0.862 bits per heavy atom. The molecule has 17 nitrogen and oxygen atoms in total. The SMILES string of the molecule is CCCCCC/C=C\C=C/CCCCCCCC(=O)O[C@H](COC(=O)CCCCCCCCCCCCCC(C)C)COP(=O)(O)OCC(O)COP(=O)(O)OC[C@@H](COC(=O)CCCCCCCCCC(C)C)OC(=O)CCCCCCCCCCCCCCC(C)C. The molecule has 94 heavy (non-hydrogen) atoms. The molecular formula is C75H142O17P2. The zero-order valence-corrected chi connectivity index (χ0v) is 62.7. The molecule has 0 rings (SSSR count). The normalized spacial score (nSPS) is 14.3. The molecule has 0 spiro atoms. The van der Waals surface area contributed by atoms with Gasteiger partial charge in [-0.15, -0.1) is 0 Å². The molecule has 0 amide bonds. The molecule has 3 N–H and O–H groups in total. The third kappa shape index (κ3) is 68.1. The molecule has 0 aliphatic rings. The number of allylic oxidation sites excluding steroid dienone is 4. The van der Waals surface area contributed by atoms with Crippen molar-refractivity contribution in [2.75, 3.05) is 39.6 Å². The van der Waals surface area contributed by atoms with Crippen LogP contribution >= 0.6 is 15.6 Å². The average Bonchev–Trinajstić information content (AvgIpc) is 1.42. The number of rotatable bonds is 71. The van der Waals surface area contributed by atoms with E-state index in [0.717, 1.165) is 121 Å². The van der Waals surface area contributed by atoms with Crippen LogP contribution < -0.4 is 0 Å². The Labute approximate surface area is 573 Å². The summed E-state index contributed by atoms with van der Waals surface area (Å²) in [6.45, 7) is 11.8. The van der Waals surface area contributed by atoms with Crippen LogP contribution in [0.15, 0.2) is 24.3 Å². The second kappa shape index (κ2) is 65.2. The third-order valence-corrected chi connectivity index (χ3v) is 18.7. The number of aliphatic hydroxyl groups excluding tert-OH is 1. The molecule has 19 heteroatoms. The highest BCUT2D eigenvalue weighted by Gasteiger charge is 2.30. The molecule has 0 saturated carbocycles. The van der Waals surface area contributed by atoms with Gasteiger partial charge in [-0.2, -0.15) is 0 Å². The Bertz CT molecular complexity index is 1930. The summed E-state index contributed by atoms with van der Waals surface area (Å²) in [6.07, 6.45) is 53.5. The van der Waals surface area contributed by atoms with E-state index in [1.165, 1.54) is 148 Å². The van der Waals surface area contributed by atoms with E-state index in [9.17, 15) is 43.2 Å². The van der Waals surface area contributed by atoms with Gasteiger partial charge < -0.3 is 33.8 Å². The monoisotopic (exact) mass is 1380 g/mol. The van der Waals surface area contributed by atoms with E-state index in [1.807, 2.05) is 0 Å². The number of aliphatic hydroxyl groups is 1. The summed E-state index contributed by atoms with van der Waals surface area (Å²) in [5, 5.41) is 10.6. The number of carbonyl (C=O) groups excluding carboxylic acids is 4. The maximum atomic E-state index is 13.1. The Kier molecular flexibility index (Phi) is 63.5. The predicted molar refractivity (Wildman–Crippen MR) is 381 cm³/mol. The van der Waals surface area contributed by atoms with Gasteiger partial charge in [-0.25, -0.2) is 9.13 Å². The molecule has 0 heterocycles. The topological polar surface area (TPSA) is 237 Å². The van der Waals surface area contributed by atoms with Crippen LogP contribution in [0.3, 0.4) is 0 Å². The fourth-order valence-electron chi connectivity index (χ4n) is 10.9.